The lowest BCUT2D eigenvalue weighted by atomic mass is 10.0. The Morgan fingerprint density at radius 3 is 0.947 bits per heavy atom. The van der Waals surface area contributed by atoms with E-state index >= 15 is 0 Å². The van der Waals surface area contributed by atoms with Crippen LogP contribution in [-0.2, 0) is 14.3 Å². The first-order chi connectivity index (χ1) is 37.0. The number of aliphatic hydroxyl groups is 2. The van der Waals surface area contributed by atoms with Gasteiger partial charge in [-0.05, 0) is 83.5 Å². The number of hydrogen-bond donors (Lipinski definition) is 3. The second-order valence-electron chi connectivity index (χ2n) is 23.1. The van der Waals surface area contributed by atoms with Gasteiger partial charge in [-0.1, -0.05) is 307 Å². The molecule has 0 rings (SSSR count). The molecule has 0 aromatic rings. The fourth-order valence-corrected chi connectivity index (χ4v) is 10.4. The van der Waals surface area contributed by atoms with Crippen molar-refractivity contribution in [2.75, 3.05) is 13.2 Å². The van der Waals surface area contributed by atoms with Gasteiger partial charge < -0.3 is 20.3 Å². The molecule has 0 bridgehead atoms. The molecule has 0 aliphatic heterocycles. The molecule has 0 aromatic carbocycles. The summed E-state index contributed by atoms with van der Waals surface area (Å²) in [6.07, 6.45) is 82.0. The normalized spacial score (nSPS) is 12.7. The van der Waals surface area contributed by atoms with E-state index in [0.29, 0.717) is 19.4 Å². The Kier molecular flexibility index (Phi) is 63.0. The molecule has 0 radical (unpaired) electrons. The molecule has 1 amide bonds. The Balaban J connectivity index is 3.47. The second-order valence-corrected chi connectivity index (χ2v) is 23.1. The lowest BCUT2D eigenvalue weighted by Gasteiger charge is -2.20. The van der Waals surface area contributed by atoms with Crippen LogP contribution in [0.25, 0.3) is 0 Å². The Morgan fingerprint density at radius 1 is 0.360 bits per heavy atom. The molecule has 442 valence electrons. The summed E-state index contributed by atoms with van der Waals surface area (Å²) in [4.78, 5) is 24.6. The van der Waals surface area contributed by atoms with E-state index in [1.807, 2.05) is 6.08 Å². The quantitative estimate of drug-likeness (QED) is 0.0320. The largest absolute Gasteiger partial charge is 0.466 e. The van der Waals surface area contributed by atoms with Gasteiger partial charge in [0.05, 0.1) is 25.4 Å². The number of ether oxygens (including phenoxy) is 1. The fourth-order valence-electron chi connectivity index (χ4n) is 10.4. The molecular weight excluding hydrogens is 923 g/mol. The van der Waals surface area contributed by atoms with Crippen molar-refractivity contribution in [1.82, 2.24) is 5.32 Å². The van der Waals surface area contributed by atoms with Crippen LogP contribution in [0.5, 0.6) is 0 Å². The monoisotopic (exact) mass is 1050 g/mol. The first-order valence-corrected chi connectivity index (χ1v) is 33.8. The van der Waals surface area contributed by atoms with Crippen molar-refractivity contribution in [3.8, 4) is 0 Å². The predicted octanol–water partition coefficient (Wildman–Crippen LogP) is 21.5. The molecule has 0 aromatic heterocycles. The van der Waals surface area contributed by atoms with Gasteiger partial charge in [-0.25, -0.2) is 0 Å². The topological polar surface area (TPSA) is 95.9 Å². The third kappa shape index (κ3) is 61.2. The molecular formula is C69H131NO5. The van der Waals surface area contributed by atoms with Crippen LogP contribution in [0.3, 0.4) is 0 Å². The Bertz CT molecular complexity index is 1210. The summed E-state index contributed by atoms with van der Waals surface area (Å²) in [6, 6.07) is -0.639. The summed E-state index contributed by atoms with van der Waals surface area (Å²) < 4.78 is 5.48. The van der Waals surface area contributed by atoms with Crippen LogP contribution in [0, 0.1) is 0 Å². The SMILES string of the molecule is CCCCCCCC/C=C\CCCCCCCCCC(=O)OCCCCCCCC/C=C\CCCCCCCCCC(=O)NC(CO)C(O)/C=C/CCCCCCCCCCCCCCCCCCCCCCCC. The summed E-state index contributed by atoms with van der Waals surface area (Å²) >= 11 is 0. The highest BCUT2D eigenvalue weighted by atomic mass is 16.5. The molecule has 0 fully saturated rings. The van der Waals surface area contributed by atoms with Gasteiger partial charge in [-0.15, -0.1) is 0 Å². The Hall–Kier alpha value is -1.92. The zero-order valence-electron chi connectivity index (χ0n) is 50.5. The van der Waals surface area contributed by atoms with E-state index in [4.69, 9.17) is 4.74 Å². The van der Waals surface area contributed by atoms with Crippen LogP contribution >= 0.6 is 0 Å². The van der Waals surface area contributed by atoms with Gasteiger partial charge >= 0.3 is 5.97 Å². The van der Waals surface area contributed by atoms with Crippen LogP contribution in [0.1, 0.15) is 367 Å². The van der Waals surface area contributed by atoms with E-state index in [1.54, 1.807) is 6.08 Å². The van der Waals surface area contributed by atoms with Crippen molar-refractivity contribution in [3.63, 3.8) is 0 Å². The van der Waals surface area contributed by atoms with Gasteiger partial charge in [0.25, 0.3) is 0 Å². The van der Waals surface area contributed by atoms with Crippen LogP contribution in [0.2, 0.25) is 0 Å². The van der Waals surface area contributed by atoms with Crippen molar-refractivity contribution >= 4 is 11.9 Å². The van der Waals surface area contributed by atoms with E-state index in [2.05, 4.69) is 43.5 Å². The number of allylic oxidation sites excluding steroid dienone is 5. The maximum Gasteiger partial charge on any atom is 0.305 e. The van der Waals surface area contributed by atoms with Gasteiger partial charge in [0.1, 0.15) is 0 Å². The van der Waals surface area contributed by atoms with E-state index in [1.165, 1.54) is 283 Å². The summed E-state index contributed by atoms with van der Waals surface area (Å²) in [5, 5.41) is 23.2. The molecule has 75 heavy (non-hydrogen) atoms. The first-order valence-electron chi connectivity index (χ1n) is 33.8. The molecule has 2 atom stereocenters. The minimum atomic E-state index is -0.854. The van der Waals surface area contributed by atoms with Crippen molar-refractivity contribution in [1.29, 1.82) is 0 Å². The van der Waals surface area contributed by atoms with E-state index < -0.39 is 12.1 Å². The van der Waals surface area contributed by atoms with Gasteiger partial charge in [-0.3, -0.25) is 9.59 Å². The number of esters is 1. The second kappa shape index (κ2) is 64.6. The summed E-state index contributed by atoms with van der Waals surface area (Å²) in [5.74, 6) is -0.0822. The standard InChI is InChI=1S/C69H131NO5/c1-3-5-7-9-11-13-15-17-19-21-22-23-24-25-26-27-30-33-37-41-45-49-53-57-61-67(72)66(65-71)70-68(73)62-58-54-50-46-42-38-34-31-28-32-36-40-44-48-52-56-60-64-75-69(74)63-59-55-51-47-43-39-35-29-20-18-16-14-12-10-8-6-4-2/h18,20,28,32,57,61,66-67,71-72H,3-17,19,21-27,29-31,33-56,58-60,62-65H2,1-2H3,(H,70,73)/b20-18-,32-28-,61-57+. The van der Waals surface area contributed by atoms with E-state index in [-0.39, 0.29) is 18.5 Å². The molecule has 6 nitrogen and oxygen atoms in total. The molecule has 2 unspecified atom stereocenters. The van der Waals surface area contributed by atoms with Crippen LogP contribution < -0.4 is 5.32 Å². The van der Waals surface area contributed by atoms with Crippen LogP contribution in [0.15, 0.2) is 36.5 Å². The van der Waals surface area contributed by atoms with Crippen molar-refractivity contribution in [2.45, 2.75) is 379 Å². The Labute approximate surface area is 468 Å². The van der Waals surface area contributed by atoms with Gasteiger partial charge in [0.2, 0.25) is 5.91 Å². The molecule has 0 saturated heterocycles. The molecule has 0 aliphatic rings. The third-order valence-corrected chi connectivity index (χ3v) is 15.6. The maximum atomic E-state index is 12.5. The van der Waals surface area contributed by atoms with Crippen LogP contribution in [-0.4, -0.2) is 47.4 Å². The average molecular weight is 1050 g/mol. The lowest BCUT2D eigenvalue weighted by Crippen LogP contribution is -2.45. The minimum Gasteiger partial charge on any atom is -0.466 e. The Morgan fingerprint density at radius 2 is 0.627 bits per heavy atom. The van der Waals surface area contributed by atoms with Crippen molar-refractivity contribution in [2.24, 2.45) is 0 Å². The number of unbranched alkanes of at least 4 members (excludes halogenated alkanes) is 48. The molecule has 6 heteroatoms. The van der Waals surface area contributed by atoms with E-state index in [9.17, 15) is 19.8 Å². The lowest BCUT2D eigenvalue weighted by molar-refractivity contribution is -0.143. The van der Waals surface area contributed by atoms with Gasteiger partial charge in [0, 0.05) is 12.8 Å². The van der Waals surface area contributed by atoms with Crippen molar-refractivity contribution in [3.05, 3.63) is 36.5 Å². The molecule has 0 spiro atoms. The number of carbonyl (C=O) groups is 2. The number of carbonyl (C=O) groups excluding carboxylic acids is 2. The molecule has 0 heterocycles. The summed E-state index contributed by atoms with van der Waals surface area (Å²) in [7, 11) is 0. The number of amides is 1. The maximum absolute atomic E-state index is 12.5. The van der Waals surface area contributed by atoms with E-state index in [0.717, 1.165) is 57.8 Å². The van der Waals surface area contributed by atoms with Crippen molar-refractivity contribution < 1.29 is 24.5 Å². The highest BCUT2D eigenvalue weighted by Gasteiger charge is 2.18. The number of nitrogens with one attached hydrogen (secondary N) is 1. The zero-order chi connectivity index (χ0) is 54.3. The number of rotatable bonds is 63. The molecule has 0 saturated carbocycles. The van der Waals surface area contributed by atoms with Gasteiger partial charge in [-0.2, -0.15) is 0 Å². The zero-order valence-corrected chi connectivity index (χ0v) is 50.5. The highest BCUT2D eigenvalue weighted by molar-refractivity contribution is 5.76. The summed E-state index contributed by atoms with van der Waals surface area (Å²) in [6.45, 7) is 4.91. The predicted molar refractivity (Wildman–Crippen MR) is 329 cm³/mol. The highest BCUT2D eigenvalue weighted by Crippen LogP contribution is 2.18. The van der Waals surface area contributed by atoms with Gasteiger partial charge in [0.15, 0.2) is 0 Å². The van der Waals surface area contributed by atoms with Crippen LogP contribution in [0.4, 0.5) is 0 Å². The number of hydrogen-bond acceptors (Lipinski definition) is 5. The first kappa shape index (κ1) is 73.1. The average Bonchev–Trinajstić information content (AvgIpc) is 3.41. The minimum absolute atomic E-state index is 0.00544. The molecule has 0 aliphatic carbocycles. The smallest absolute Gasteiger partial charge is 0.305 e. The number of aliphatic hydroxyl groups excluding tert-OH is 2. The third-order valence-electron chi connectivity index (χ3n) is 15.6. The summed E-state index contributed by atoms with van der Waals surface area (Å²) in [5.41, 5.74) is 0. The fraction of sp³-hybridized carbons (Fsp3) is 0.884. The molecule has 3 N–H and O–H groups in total.